The Balaban J connectivity index is 1.92. The van der Waals surface area contributed by atoms with Gasteiger partial charge in [-0.1, -0.05) is 42.5 Å². The van der Waals surface area contributed by atoms with Crippen molar-refractivity contribution in [1.82, 2.24) is 0 Å². The third-order valence-corrected chi connectivity index (χ3v) is 4.94. The first kappa shape index (κ1) is 17.8. The van der Waals surface area contributed by atoms with E-state index in [1.54, 1.807) is 6.07 Å². The summed E-state index contributed by atoms with van der Waals surface area (Å²) in [7, 11) is 0. The van der Waals surface area contributed by atoms with Crippen molar-refractivity contribution in [2.75, 3.05) is 4.90 Å². The molecule has 0 saturated heterocycles. The molecule has 1 amide bonds. The van der Waals surface area contributed by atoms with Crippen molar-refractivity contribution in [1.29, 1.82) is 0 Å². The van der Waals surface area contributed by atoms with E-state index in [2.05, 4.69) is 0 Å². The number of benzene rings is 2. The largest absolute Gasteiger partial charge is 0.503 e. The Morgan fingerprint density at radius 1 is 1.04 bits per heavy atom. The number of nitrogens with zero attached hydrogens (tertiary/aromatic N) is 1. The quantitative estimate of drug-likeness (QED) is 0.674. The number of hydrogen-bond donors (Lipinski definition) is 1. The zero-order chi connectivity index (χ0) is 19.8. The summed E-state index contributed by atoms with van der Waals surface area (Å²) in [6, 6.07) is 17.4. The van der Waals surface area contributed by atoms with E-state index in [1.807, 2.05) is 62.4 Å². The van der Waals surface area contributed by atoms with E-state index < -0.39 is 23.5 Å². The lowest BCUT2D eigenvalue weighted by Crippen LogP contribution is -2.31. The zero-order valence-corrected chi connectivity index (χ0v) is 15.5. The molecule has 0 radical (unpaired) electrons. The molecule has 1 aliphatic heterocycles. The molecule has 1 aromatic heterocycles. The minimum atomic E-state index is -0.744. The highest BCUT2D eigenvalue weighted by atomic mass is 16.3. The molecule has 0 spiro atoms. The number of Topliss-reactive ketones (excluding diaryl/α,β-unsaturated/α-hetero) is 1. The van der Waals surface area contributed by atoms with E-state index in [0.717, 1.165) is 16.7 Å². The van der Waals surface area contributed by atoms with Crippen LogP contribution in [0.2, 0.25) is 0 Å². The number of carbonyl (C=O) groups excluding carboxylic acids is 2. The van der Waals surface area contributed by atoms with Gasteiger partial charge >= 0.3 is 0 Å². The molecule has 2 aromatic carbocycles. The number of aryl methyl sites for hydroxylation is 2. The van der Waals surface area contributed by atoms with E-state index in [0.29, 0.717) is 5.69 Å². The van der Waals surface area contributed by atoms with Crippen LogP contribution in [0.15, 0.2) is 82.7 Å². The monoisotopic (exact) mass is 373 g/mol. The van der Waals surface area contributed by atoms with Crippen LogP contribution in [-0.4, -0.2) is 16.8 Å². The average molecular weight is 373 g/mol. The first-order valence-corrected chi connectivity index (χ1v) is 8.96. The molecule has 28 heavy (non-hydrogen) atoms. The summed E-state index contributed by atoms with van der Waals surface area (Å²) in [5.41, 5.74) is 3.26. The SMILES string of the molecule is Cc1ccc(C)c(N2C(=O)C(O)=C(C(=O)c3ccco3)C2c2ccccc2)c1. The summed E-state index contributed by atoms with van der Waals surface area (Å²) >= 11 is 0. The Hall–Kier alpha value is -3.60. The van der Waals surface area contributed by atoms with Crippen LogP contribution in [0.25, 0.3) is 0 Å². The van der Waals surface area contributed by atoms with Gasteiger partial charge in [0.15, 0.2) is 11.5 Å². The van der Waals surface area contributed by atoms with Crippen LogP contribution >= 0.6 is 0 Å². The van der Waals surface area contributed by atoms with Crippen LogP contribution in [0.3, 0.4) is 0 Å². The van der Waals surface area contributed by atoms with E-state index in [9.17, 15) is 14.7 Å². The van der Waals surface area contributed by atoms with Gasteiger partial charge < -0.3 is 9.52 Å². The van der Waals surface area contributed by atoms with Gasteiger partial charge in [0.25, 0.3) is 5.91 Å². The van der Waals surface area contributed by atoms with Crippen molar-refractivity contribution in [2.45, 2.75) is 19.9 Å². The summed E-state index contributed by atoms with van der Waals surface area (Å²) in [6.45, 7) is 3.83. The molecule has 0 saturated carbocycles. The predicted molar refractivity (Wildman–Crippen MR) is 105 cm³/mol. The first-order chi connectivity index (χ1) is 13.5. The fraction of sp³-hybridized carbons (Fsp3) is 0.130. The maximum Gasteiger partial charge on any atom is 0.294 e. The second-order valence-electron chi connectivity index (χ2n) is 6.85. The Labute approximate surface area is 162 Å². The highest BCUT2D eigenvalue weighted by Gasteiger charge is 2.45. The smallest absolute Gasteiger partial charge is 0.294 e. The molecule has 140 valence electrons. The minimum absolute atomic E-state index is 0.0204. The van der Waals surface area contributed by atoms with Crippen molar-refractivity contribution in [3.8, 4) is 0 Å². The van der Waals surface area contributed by atoms with Gasteiger partial charge in [0.2, 0.25) is 5.78 Å². The molecule has 3 aromatic rings. The maximum atomic E-state index is 13.1. The summed E-state index contributed by atoms with van der Waals surface area (Å²) < 4.78 is 5.23. The lowest BCUT2D eigenvalue weighted by Gasteiger charge is -2.28. The number of aliphatic hydroxyl groups excluding tert-OH is 1. The molecule has 1 unspecified atom stereocenters. The number of furan rings is 1. The summed E-state index contributed by atoms with van der Waals surface area (Å²) in [6.07, 6.45) is 1.39. The van der Waals surface area contributed by atoms with Gasteiger partial charge in [-0.3, -0.25) is 14.5 Å². The molecule has 5 nitrogen and oxygen atoms in total. The molecule has 0 aliphatic carbocycles. The lowest BCUT2D eigenvalue weighted by molar-refractivity contribution is -0.117. The van der Waals surface area contributed by atoms with Crippen LogP contribution in [-0.2, 0) is 4.79 Å². The normalized spacial score (nSPS) is 16.7. The third-order valence-electron chi connectivity index (χ3n) is 4.94. The zero-order valence-electron chi connectivity index (χ0n) is 15.5. The van der Waals surface area contributed by atoms with Crippen LogP contribution in [0.5, 0.6) is 0 Å². The van der Waals surface area contributed by atoms with Gasteiger partial charge in [-0.05, 0) is 48.7 Å². The van der Waals surface area contributed by atoms with E-state index in [4.69, 9.17) is 4.42 Å². The van der Waals surface area contributed by atoms with Crippen LogP contribution in [0.1, 0.15) is 33.3 Å². The molecule has 1 N–H and O–H groups in total. The fourth-order valence-electron chi connectivity index (χ4n) is 3.56. The summed E-state index contributed by atoms with van der Waals surface area (Å²) in [5.74, 6) is -1.57. The Kier molecular flexibility index (Phi) is 4.35. The number of hydrogen-bond acceptors (Lipinski definition) is 4. The first-order valence-electron chi connectivity index (χ1n) is 8.96. The van der Waals surface area contributed by atoms with E-state index in [-0.39, 0.29) is 11.3 Å². The van der Waals surface area contributed by atoms with Gasteiger partial charge in [-0.25, -0.2) is 0 Å². The molecule has 1 atom stereocenters. The van der Waals surface area contributed by atoms with Crippen LogP contribution < -0.4 is 4.90 Å². The highest BCUT2D eigenvalue weighted by Crippen LogP contribution is 2.43. The van der Waals surface area contributed by atoms with Crippen molar-refractivity contribution < 1.29 is 19.1 Å². The summed E-state index contributed by atoms with van der Waals surface area (Å²) in [4.78, 5) is 27.6. The molecule has 0 bridgehead atoms. The number of anilines is 1. The number of aliphatic hydroxyl groups is 1. The Morgan fingerprint density at radius 2 is 1.79 bits per heavy atom. The average Bonchev–Trinajstić information content (AvgIpc) is 3.32. The maximum absolute atomic E-state index is 13.1. The van der Waals surface area contributed by atoms with Crippen LogP contribution in [0, 0.1) is 13.8 Å². The lowest BCUT2D eigenvalue weighted by atomic mass is 9.94. The minimum Gasteiger partial charge on any atom is -0.503 e. The van der Waals surface area contributed by atoms with Gasteiger partial charge in [0, 0.05) is 5.69 Å². The molecule has 5 heteroatoms. The van der Waals surface area contributed by atoms with E-state index in [1.165, 1.54) is 17.2 Å². The molecule has 1 aliphatic rings. The second-order valence-corrected chi connectivity index (χ2v) is 6.85. The number of carbonyl (C=O) groups is 2. The molecular formula is C23H19NO4. The molecule has 2 heterocycles. The van der Waals surface area contributed by atoms with Gasteiger partial charge in [0.05, 0.1) is 17.9 Å². The van der Waals surface area contributed by atoms with Crippen molar-refractivity contribution in [3.63, 3.8) is 0 Å². The number of ketones is 1. The topological polar surface area (TPSA) is 70.8 Å². The number of rotatable bonds is 4. The fourth-order valence-corrected chi connectivity index (χ4v) is 3.56. The Morgan fingerprint density at radius 3 is 2.46 bits per heavy atom. The van der Waals surface area contributed by atoms with Gasteiger partial charge in [-0.2, -0.15) is 0 Å². The van der Waals surface area contributed by atoms with E-state index >= 15 is 0 Å². The Bertz CT molecular complexity index is 1080. The second kappa shape index (κ2) is 6.85. The standard InChI is InChI=1S/C23H19NO4/c1-14-10-11-15(2)17(13-14)24-20(16-7-4-3-5-8-16)19(22(26)23(24)27)21(25)18-9-6-12-28-18/h3-13,20,26H,1-2H3. The van der Waals surface area contributed by atoms with Crippen molar-refractivity contribution >= 4 is 17.4 Å². The molecule has 0 fully saturated rings. The van der Waals surface area contributed by atoms with Crippen LogP contribution in [0.4, 0.5) is 5.69 Å². The molecule has 4 rings (SSSR count). The van der Waals surface area contributed by atoms with Gasteiger partial charge in [0.1, 0.15) is 0 Å². The van der Waals surface area contributed by atoms with Gasteiger partial charge in [-0.15, -0.1) is 0 Å². The summed E-state index contributed by atoms with van der Waals surface area (Å²) in [5, 5.41) is 10.7. The third kappa shape index (κ3) is 2.81. The molecular weight excluding hydrogens is 354 g/mol. The number of amides is 1. The predicted octanol–water partition coefficient (Wildman–Crippen LogP) is 4.68. The van der Waals surface area contributed by atoms with Crippen molar-refractivity contribution in [3.05, 3.63) is 101 Å². The van der Waals surface area contributed by atoms with Crippen molar-refractivity contribution in [2.24, 2.45) is 0 Å². The highest BCUT2D eigenvalue weighted by molar-refractivity contribution is 6.20.